The van der Waals surface area contributed by atoms with E-state index in [9.17, 15) is 4.79 Å². The van der Waals surface area contributed by atoms with Crippen LogP contribution in [0.1, 0.15) is 28.4 Å². The molecule has 0 spiro atoms. The number of rotatable bonds is 7. The predicted octanol–water partition coefficient (Wildman–Crippen LogP) is 5.12. The monoisotopic (exact) mass is 345 g/mol. The molecule has 3 heteroatoms. The third-order valence-corrected chi connectivity index (χ3v) is 4.22. The van der Waals surface area contributed by atoms with Crippen LogP contribution in [0.4, 0.5) is 5.69 Å². The predicted molar refractivity (Wildman–Crippen MR) is 106 cm³/mol. The van der Waals surface area contributed by atoms with Gasteiger partial charge in [0.05, 0.1) is 12.3 Å². The smallest absolute Gasteiger partial charge is 0.256 e. The molecule has 0 aliphatic heterocycles. The van der Waals surface area contributed by atoms with Crippen LogP contribution < -0.4 is 10.1 Å². The van der Waals surface area contributed by atoms with E-state index >= 15 is 0 Å². The molecule has 0 aromatic heterocycles. The van der Waals surface area contributed by atoms with Gasteiger partial charge in [-0.1, -0.05) is 60.7 Å². The minimum atomic E-state index is -0.110. The fourth-order valence-corrected chi connectivity index (χ4v) is 2.92. The van der Waals surface area contributed by atoms with Gasteiger partial charge in [-0.25, -0.2) is 0 Å². The molecule has 0 radical (unpaired) electrons. The molecule has 0 aliphatic rings. The largest absolute Gasteiger partial charge is 0.492 e. The number of hydrogen-bond acceptors (Lipinski definition) is 2. The molecule has 0 saturated carbocycles. The zero-order chi connectivity index (χ0) is 18.2. The average molecular weight is 345 g/mol. The Morgan fingerprint density at radius 3 is 2.35 bits per heavy atom. The zero-order valence-electron chi connectivity index (χ0n) is 14.9. The van der Waals surface area contributed by atoms with Gasteiger partial charge in [-0.2, -0.15) is 0 Å². The third-order valence-electron chi connectivity index (χ3n) is 4.22. The maximum Gasteiger partial charge on any atom is 0.256 e. The van der Waals surface area contributed by atoms with Crippen molar-refractivity contribution in [2.45, 2.75) is 19.8 Å². The lowest BCUT2D eigenvalue weighted by Crippen LogP contribution is -2.15. The number of nitrogens with one attached hydrogen (secondary N) is 1. The zero-order valence-corrected chi connectivity index (χ0v) is 14.9. The van der Waals surface area contributed by atoms with Crippen molar-refractivity contribution < 1.29 is 9.53 Å². The van der Waals surface area contributed by atoms with Gasteiger partial charge in [0, 0.05) is 5.56 Å². The molecule has 0 heterocycles. The van der Waals surface area contributed by atoms with Crippen LogP contribution in [-0.4, -0.2) is 12.5 Å². The first-order valence-corrected chi connectivity index (χ1v) is 8.93. The Hall–Kier alpha value is -3.07. The highest BCUT2D eigenvalue weighted by molar-refractivity contribution is 6.06. The van der Waals surface area contributed by atoms with Gasteiger partial charge in [0.2, 0.25) is 0 Å². The van der Waals surface area contributed by atoms with Crippen LogP contribution in [0.3, 0.4) is 0 Å². The van der Waals surface area contributed by atoms with Crippen LogP contribution in [-0.2, 0) is 12.8 Å². The van der Waals surface area contributed by atoms with Crippen molar-refractivity contribution in [3.63, 3.8) is 0 Å². The lowest BCUT2D eigenvalue weighted by Gasteiger charge is -2.13. The van der Waals surface area contributed by atoms with Gasteiger partial charge < -0.3 is 10.1 Å². The number of benzene rings is 3. The van der Waals surface area contributed by atoms with E-state index in [-0.39, 0.29) is 5.91 Å². The maximum absolute atomic E-state index is 12.8. The summed E-state index contributed by atoms with van der Waals surface area (Å²) in [6.07, 6.45) is 1.72. The van der Waals surface area contributed by atoms with Crippen LogP contribution in [0, 0.1) is 0 Å². The molecule has 0 atom stereocenters. The molecule has 3 rings (SSSR count). The van der Waals surface area contributed by atoms with E-state index in [4.69, 9.17) is 4.74 Å². The van der Waals surface area contributed by atoms with Crippen molar-refractivity contribution in [1.82, 2.24) is 0 Å². The van der Waals surface area contributed by atoms with Crippen LogP contribution in [0.15, 0.2) is 78.9 Å². The Morgan fingerprint density at radius 2 is 1.54 bits per heavy atom. The van der Waals surface area contributed by atoms with Gasteiger partial charge in [0.1, 0.15) is 5.75 Å². The third kappa shape index (κ3) is 4.51. The highest BCUT2D eigenvalue weighted by atomic mass is 16.5. The molecular formula is C23H23NO2. The van der Waals surface area contributed by atoms with E-state index in [1.165, 1.54) is 5.56 Å². The first-order chi connectivity index (χ1) is 12.8. The van der Waals surface area contributed by atoms with Gasteiger partial charge in [-0.05, 0) is 49.1 Å². The molecule has 0 saturated heterocycles. The Kier molecular flexibility index (Phi) is 6.05. The van der Waals surface area contributed by atoms with Crippen LogP contribution in [0.5, 0.6) is 5.75 Å². The Morgan fingerprint density at radius 1 is 0.846 bits per heavy atom. The number of para-hydroxylation sites is 2. The molecule has 0 bridgehead atoms. The Labute approximate surface area is 154 Å². The van der Waals surface area contributed by atoms with E-state index in [2.05, 4.69) is 17.4 Å². The van der Waals surface area contributed by atoms with Crippen molar-refractivity contribution in [3.8, 4) is 5.75 Å². The normalized spacial score (nSPS) is 10.3. The highest BCUT2D eigenvalue weighted by Crippen LogP contribution is 2.25. The summed E-state index contributed by atoms with van der Waals surface area (Å²) in [5.74, 6) is 0.575. The first-order valence-electron chi connectivity index (χ1n) is 8.93. The number of aryl methyl sites for hydroxylation is 2. The molecule has 0 unspecified atom stereocenters. The van der Waals surface area contributed by atoms with Crippen molar-refractivity contribution in [3.05, 3.63) is 95.6 Å². The molecule has 132 valence electrons. The highest BCUT2D eigenvalue weighted by Gasteiger charge is 2.13. The molecular weight excluding hydrogens is 322 g/mol. The minimum absolute atomic E-state index is 0.110. The maximum atomic E-state index is 12.8. The lowest BCUT2D eigenvalue weighted by molar-refractivity contribution is 0.102. The molecule has 3 nitrogen and oxygen atoms in total. The summed E-state index contributed by atoms with van der Waals surface area (Å²) in [6.45, 7) is 2.48. The first kappa shape index (κ1) is 17.7. The van der Waals surface area contributed by atoms with Gasteiger partial charge in [0.25, 0.3) is 5.91 Å². The fourth-order valence-electron chi connectivity index (χ4n) is 2.92. The molecule has 3 aromatic carbocycles. The quantitative estimate of drug-likeness (QED) is 0.645. The Bertz CT molecular complexity index is 859. The second-order valence-electron chi connectivity index (χ2n) is 6.03. The second kappa shape index (κ2) is 8.86. The van der Waals surface area contributed by atoms with Crippen molar-refractivity contribution in [2.24, 2.45) is 0 Å². The van der Waals surface area contributed by atoms with Crippen molar-refractivity contribution in [1.29, 1.82) is 0 Å². The van der Waals surface area contributed by atoms with E-state index < -0.39 is 0 Å². The van der Waals surface area contributed by atoms with Gasteiger partial charge in [-0.15, -0.1) is 0 Å². The molecule has 0 aliphatic carbocycles. The van der Waals surface area contributed by atoms with Gasteiger partial charge in [0.15, 0.2) is 0 Å². The number of amides is 1. The topological polar surface area (TPSA) is 38.3 Å². The summed E-state index contributed by atoms with van der Waals surface area (Å²) in [4.78, 5) is 12.8. The summed E-state index contributed by atoms with van der Waals surface area (Å²) in [5.41, 5.74) is 3.71. The lowest BCUT2D eigenvalue weighted by atomic mass is 9.99. The van der Waals surface area contributed by atoms with Gasteiger partial charge in [-0.3, -0.25) is 4.79 Å². The average Bonchev–Trinajstić information content (AvgIpc) is 2.69. The molecule has 1 amide bonds. The fraction of sp³-hybridized carbons (Fsp3) is 0.174. The van der Waals surface area contributed by atoms with E-state index in [1.807, 2.05) is 73.7 Å². The molecule has 1 N–H and O–H groups in total. The van der Waals surface area contributed by atoms with E-state index in [0.717, 1.165) is 18.4 Å². The summed E-state index contributed by atoms with van der Waals surface area (Å²) in [6, 6.07) is 25.6. The van der Waals surface area contributed by atoms with Crippen LogP contribution >= 0.6 is 0 Å². The van der Waals surface area contributed by atoms with Crippen LogP contribution in [0.25, 0.3) is 0 Å². The van der Waals surface area contributed by atoms with Crippen molar-refractivity contribution in [2.75, 3.05) is 11.9 Å². The second-order valence-corrected chi connectivity index (χ2v) is 6.03. The standard InChI is InChI=1S/C23H23NO2/c1-2-26-22-15-9-8-14-21(22)24-23(25)20-13-7-6-12-19(20)17-16-18-10-4-3-5-11-18/h3-15H,2,16-17H2,1H3,(H,24,25). The summed E-state index contributed by atoms with van der Waals surface area (Å²) < 4.78 is 5.59. The summed E-state index contributed by atoms with van der Waals surface area (Å²) in [5, 5.41) is 2.99. The summed E-state index contributed by atoms with van der Waals surface area (Å²) in [7, 11) is 0. The minimum Gasteiger partial charge on any atom is -0.492 e. The van der Waals surface area contributed by atoms with E-state index in [0.29, 0.717) is 23.6 Å². The molecule has 0 fully saturated rings. The summed E-state index contributed by atoms with van der Waals surface area (Å²) >= 11 is 0. The number of carbonyl (C=O) groups excluding carboxylic acids is 1. The number of anilines is 1. The molecule has 26 heavy (non-hydrogen) atoms. The van der Waals surface area contributed by atoms with Crippen LogP contribution in [0.2, 0.25) is 0 Å². The van der Waals surface area contributed by atoms with E-state index in [1.54, 1.807) is 0 Å². The van der Waals surface area contributed by atoms with Gasteiger partial charge >= 0.3 is 0 Å². The SMILES string of the molecule is CCOc1ccccc1NC(=O)c1ccccc1CCc1ccccc1. The Balaban J connectivity index is 1.76. The number of hydrogen-bond donors (Lipinski definition) is 1. The van der Waals surface area contributed by atoms with Crippen molar-refractivity contribution >= 4 is 11.6 Å². The number of ether oxygens (including phenoxy) is 1. The number of carbonyl (C=O) groups is 1. The molecule has 3 aromatic rings.